The van der Waals surface area contributed by atoms with Crippen molar-refractivity contribution in [2.45, 2.75) is 25.7 Å². The fourth-order valence-corrected chi connectivity index (χ4v) is 1.81. The van der Waals surface area contributed by atoms with Gasteiger partial charge in [-0.1, -0.05) is 18.2 Å². The first-order valence-electron chi connectivity index (χ1n) is 6.66. The van der Waals surface area contributed by atoms with Gasteiger partial charge in [-0.05, 0) is 37.0 Å². The van der Waals surface area contributed by atoms with Crippen LogP contribution >= 0.6 is 0 Å². The summed E-state index contributed by atoms with van der Waals surface area (Å²) in [6.07, 6.45) is 7.38. The van der Waals surface area contributed by atoms with E-state index in [-0.39, 0.29) is 5.97 Å². The number of rotatable bonds is 8. The van der Waals surface area contributed by atoms with Crippen LogP contribution in [0.15, 0.2) is 24.3 Å². The lowest BCUT2D eigenvalue weighted by Crippen LogP contribution is -1.98. The summed E-state index contributed by atoms with van der Waals surface area (Å²) in [6.45, 7) is 0. The Balaban J connectivity index is 2.40. The van der Waals surface area contributed by atoms with E-state index in [9.17, 15) is 4.79 Å². The minimum atomic E-state index is -0.145. The number of benzene rings is 1. The van der Waals surface area contributed by atoms with Crippen molar-refractivity contribution in [3.63, 3.8) is 0 Å². The lowest BCUT2D eigenvalue weighted by molar-refractivity contribution is -0.140. The molecule has 0 unspecified atom stereocenters. The molecule has 0 aromatic heterocycles. The summed E-state index contributed by atoms with van der Waals surface area (Å²) in [5.41, 5.74) is 1.07. The number of ether oxygens (including phenoxy) is 3. The van der Waals surface area contributed by atoms with Gasteiger partial charge in [0.1, 0.15) is 0 Å². The van der Waals surface area contributed by atoms with Crippen molar-refractivity contribution < 1.29 is 19.0 Å². The van der Waals surface area contributed by atoms with Crippen LogP contribution in [-0.2, 0) is 9.53 Å². The number of hydrogen-bond acceptors (Lipinski definition) is 4. The smallest absolute Gasteiger partial charge is 0.305 e. The molecule has 1 aromatic carbocycles. The molecule has 0 aliphatic rings. The lowest BCUT2D eigenvalue weighted by Gasteiger charge is -2.07. The van der Waals surface area contributed by atoms with Crippen molar-refractivity contribution in [2.75, 3.05) is 21.3 Å². The van der Waals surface area contributed by atoms with Crippen molar-refractivity contribution in [3.8, 4) is 11.5 Å². The van der Waals surface area contributed by atoms with Crippen molar-refractivity contribution in [1.82, 2.24) is 0 Å². The molecule has 0 bridgehead atoms. The van der Waals surface area contributed by atoms with Crippen LogP contribution in [0.1, 0.15) is 31.2 Å². The van der Waals surface area contributed by atoms with Crippen molar-refractivity contribution in [2.24, 2.45) is 0 Å². The molecule has 0 saturated carbocycles. The van der Waals surface area contributed by atoms with Gasteiger partial charge in [0, 0.05) is 6.42 Å². The highest BCUT2D eigenvalue weighted by Gasteiger charge is 2.02. The zero-order valence-electron chi connectivity index (χ0n) is 12.3. The van der Waals surface area contributed by atoms with Crippen LogP contribution in [0.5, 0.6) is 11.5 Å². The van der Waals surface area contributed by atoms with Crippen LogP contribution in [-0.4, -0.2) is 27.3 Å². The van der Waals surface area contributed by atoms with Gasteiger partial charge in [0.15, 0.2) is 11.5 Å². The Morgan fingerprint density at radius 1 is 1.10 bits per heavy atom. The second kappa shape index (κ2) is 9.02. The number of hydrogen-bond donors (Lipinski definition) is 0. The van der Waals surface area contributed by atoms with Crippen LogP contribution < -0.4 is 9.47 Å². The Bertz CT molecular complexity index is 452. The first-order chi connectivity index (χ1) is 9.71. The predicted octanol–water partition coefficient (Wildman–Crippen LogP) is 3.45. The maximum absolute atomic E-state index is 10.9. The quantitative estimate of drug-likeness (QED) is 0.539. The molecule has 0 N–H and O–H groups in total. The molecule has 0 spiro atoms. The van der Waals surface area contributed by atoms with Gasteiger partial charge < -0.3 is 14.2 Å². The number of esters is 1. The number of carbonyl (C=O) groups excluding carboxylic acids is 1. The molecule has 0 amide bonds. The second-order valence-corrected chi connectivity index (χ2v) is 4.34. The average molecular weight is 278 g/mol. The summed E-state index contributed by atoms with van der Waals surface area (Å²) in [7, 11) is 4.66. The van der Waals surface area contributed by atoms with Gasteiger partial charge in [0.25, 0.3) is 0 Å². The van der Waals surface area contributed by atoms with E-state index in [0.717, 1.165) is 36.3 Å². The molecule has 0 aliphatic carbocycles. The maximum Gasteiger partial charge on any atom is 0.305 e. The van der Waals surface area contributed by atoms with Crippen LogP contribution in [0.3, 0.4) is 0 Å². The summed E-state index contributed by atoms with van der Waals surface area (Å²) < 4.78 is 15.0. The number of methoxy groups -OCH3 is 3. The molecular formula is C16H22O4. The molecule has 0 radical (unpaired) electrons. The third-order valence-corrected chi connectivity index (χ3v) is 2.95. The SMILES string of the molecule is COC(=O)CCCCC=Cc1ccc(OC)c(OC)c1. The molecule has 0 atom stereocenters. The number of carbonyl (C=O) groups is 1. The van der Waals surface area contributed by atoms with Crippen LogP contribution in [0.25, 0.3) is 6.08 Å². The van der Waals surface area contributed by atoms with Gasteiger partial charge in [-0.2, -0.15) is 0 Å². The molecule has 4 heteroatoms. The van der Waals surface area contributed by atoms with E-state index in [1.807, 2.05) is 24.3 Å². The predicted molar refractivity (Wildman–Crippen MR) is 79.1 cm³/mol. The van der Waals surface area contributed by atoms with Crippen LogP contribution in [0.2, 0.25) is 0 Å². The third-order valence-electron chi connectivity index (χ3n) is 2.95. The summed E-state index contributed by atoms with van der Waals surface area (Å²) in [5.74, 6) is 1.30. The Labute approximate surface area is 120 Å². The Kier molecular flexibility index (Phi) is 7.25. The molecular weight excluding hydrogens is 256 g/mol. The summed E-state index contributed by atoms with van der Waals surface area (Å²) in [5, 5.41) is 0. The van der Waals surface area contributed by atoms with Gasteiger partial charge >= 0.3 is 5.97 Å². The first-order valence-corrected chi connectivity index (χ1v) is 6.66. The molecule has 0 heterocycles. The standard InChI is InChI=1S/C16H22O4/c1-18-14-11-10-13(12-15(14)19-2)8-6-4-5-7-9-16(17)20-3/h6,8,10-12H,4-5,7,9H2,1-3H3. The van der Waals surface area contributed by atoms with Crippen LogP contribution in [0, 0.1) is 0 Å². The highest BCUT2D eigenvalue weighted by atomic mass is 16.5. The van der Waals surface area contributed by atoms with Gasteiger partial charge in [0.2, 0.25) is 0 Å². The van der Waals surface area contributed by atoms with Gasteiger partial charge in [0.05, 0.1) is 21.3 Å². The molecule has 20 heavy (non-hydrogen) atoms. The average Bonchev–Trinajstić information content (AvgIpc) is 2.49. The van der Waals surface area contributed by atoms with E-state index in [4.69, 9.17) is 9.47 Å². The monoisotopic (exact) mass is 278 g/mol. The lowest BCUT2D eigenvalue weighted by atomic mass is 10.1. The number of allylic oxidation sites excluding steroid dienone is 1. The van der Waals surface area contributed by atoms with E-state index in [1.54, 1.807) is 14.2 Å². The van der Waals surface area contributed by atoms with Crippen molar-refractivity contribution >= 4 is 12.0 Å². The molecule has 0 saturated heterocycles. The fraction of sp³-hybridized carbons (Fsp3) is 0.438. The zero-order chi connectivity index (χ0) is 14.8. The summed E-state index contributed by atoms with van der Waals surface area (Å²) >= 11 is 0. The molecule has 0 fully saturated rings. The second-order valence-electron chi connectivity index (χ2n) is 4.34. The summed E-state index contributed by atoms with van der Waals surface area (Å²) in [4.78, 5) is 10.9. The minimum absolute atomic E-state index is 0.145. The summed E-state index contributed by atoms with van der Waals surface area (Å²) in [6, 6.07) is 5.80. The first kappa shape index (κ1) is 16.1. The third kappa shape index (κ3) is 5.34. The van der Waals surface area contributed by atoms with E-state index in [1.165, 1.54) is 7.11 Å². The maximum atomic E-state index is 10.9. The highest BCUT2D eigenvalue weighted by molar-refractivity contribution is 5.69. The largest absolute Gasteiger partial charge is 0.493 e. The Morgan fingerprint density at radius 3 is 2.50 bits per heavy atom. The van der Waals surface area contributed by atoms with E-state index < -0.39 is 0 Å². The van der Waals surface area contributed by atoms with E-state index >= 15 is 0 Å². The zero-order valence-corrected chi connectivity index (χ0v) is 12.3. The minimum Gasteiger partial charge on any atom is -0.493 e. The molecule has 1 rings (SSSR count). The normalized spacial score (nSPS) is 10.6. The molecule has 4 nitrogen and oxygen atoms in total. The van der Waals surface area contributed by atoms with Gasteiger partial charge in [-0.15, -0.1) is 0 Å². The van der Waals surface area contributed by atoms with Gasteiger partial charge in [-0.3, -0.25) is 4.79 Å². The van der Waals surface area contributed by atoms with Crippen molar-refractivity contribution in [3.05, 3.63) is 29.8 Å². The Hall–Kier alpha value is -1.97. The Morgan fingerprint density at radius 2 is 1.85 bits per heavy atom. The van der Waals surface area contributed by atoms with E-state index in [0.29, 0.717) is 6.42 Å². The van der Waals surface area contributed by atoms with Gasteiger partial charge in [-0.25, -0.2) is 0 Å². The van der Waals surface area contributed by atoms with Crippen molar-refractivity contribution in [1.29, 1.82) is 0 Å². The number of unbranched alkanes of at least 4 members (excludes halogenated alkanes) is 2. The highest BCUT2D eigenvalue weighted by Crippen LogP contribution is 2.28. The topological polar surface area (TPSA) is 44.8 Å². The van der Waals surface area contributed by atoms with E-state index in [2.05, 4.69) is 10.8 Å². The van der Waals surface area contributed by atoms with Crippen LogP contribution in [0.4, 0.5) is 0 Å². The molecule has 1 aromatic rings. The molecule has 110 valence electrons. The molecule has 0 aliphatic heterocycles. The fourth-order valence-electron chi connectivity index (χ4n) is 1.81.